The molecule has 0 radical (unpaired) electrons. The molecule has 1 amide bonds. The largest absolute Gasteiger partial charge is 0.547 e. The molecule has 0 bridgehead atoms. The number of para-hydroxylation sites is 1. The maximum atomic E-state index is 12.7. The molecule has 1 aliphatic heterocycles. The van der Waals surface area contributed by atoms with Crippen molar-refractivity contribution in [1.82, 2.24) is 5.32 Å². The van der Waals surface area contributed by atoms with Crippen molar-refractivity contribution in [2.75, 3.05) is 0 Å². The van der Waals surface area contributed by atoms with Gasteiger partial charge in [-0.15, -0.1) is 0 Å². The first-order chi connectivity index (χ1) is 16.1. The minimum Gasteiger partial charge on any atom is -0.534 e. The minimum absolute atomic E-state index is 0.00947. The smallest absolute Gasteiger partial charge is 0.534 e. The Bertz CT molecular complexity index is 891. The van der Waals surface area contributed by atoms with Crippen LogP contribution < -0.4 is 9.97 Å². The minimum atomic E-state index is -1.41. The number of Topliss-reactive ketones (excluding diaryl/α,β-unsaturated/α-hetero) is 1. The lowest BCUT2D eigenvalue weighted by Crippen LogP contribution is -2.53. The van der Waals surface area contributed by atoms with Crippen LogP contribution in [0.15, 0.2) is 18.2 Å². The number of ether oxygens (including phenoxy) is 3. The van der Waals surface area contributed by atoms with Gasteiger partial charge in [-0.3, -0.25) is 4.79 Å². The maximum absolute atomic E-state index is 12.7. The molecule has 0 aromatic heterocycles. The van der Waals surface area contributed by atoms with Gasteiger partial charge >= 0.3 is 19.2 Å². The van der Waals surface area contributed by atoms with Gasteiger partial charge in [0.05, 0.1) is 5.94 Å². The number of carbonyl (C=O) groups is 4. The summed E-state index contributed by atoms with van der Waals surface area (Å²) in [6.07, 6.45) is 0.110. The summed E-state index contributed by atoms with van der Waals surface area (Å²) in [4.78, 5) is 47.7. The number of rotatable bonds is 11. The second kappa shape index (κ2) is 13.0. The van der Waals surface area contributed by atoms with Crippen molar-refractivity contribution in [1.29, 1.82) is 0 Å². The molecule has 1 aromatic rings. The van der Waals surface area contributed by atoms with Crippen LogP contribution in [0.1, 0.15) is 75.7 Å². The Morgan fingerprint density at radius 2 is 1.91 bits per heavy atom. The summed E-state index contributed by atoms with van der Waals surface area (Å²) >= 11 is 0. The molecule has 1 aromatic carbocycles. The highest BCUT2D eigenvalue weighted by Crippen LogP contribution is 2.31. The normalized spacial score (nSPS) is 16.4. The first-order valence-corrected chi connectivity index (χ1v) is 11.5. The van der Waals surface area contributed by atoms with Crippen molar-refractivity contribution in [3.05, 3.63) is 29.3 Å². The van der Waals surface area contributed by atoms with Gasteiger partial charge in [0.25, 0.3) is 0 Å². The summed E-state index contributed by atoms with van der Waals surface area (Å²) in [5, 5.41) is 13.0. The van der Waals surface area contributed by atoms with E-state index in [1.54, 1.807) is 12.1 Å². The Morgan fingerprint density at radius 3 is 2.56 bits per heavy atom. The molecule has 0 spiro atoms. The second-order valence-electron chi connectivity index (χ2n) is 8.16. The molecule has 186 valence electrons. The predicted molar refractivity (Wildman–Crippen MR) is 122 cm³/mol. The molecule has 3 unspecified atom stereocenters. The molecule has 11 heteroatoms. The molecule has 2 N–H and O–H groups in total. The lowest BCUT2D eigenvalue weighted by Gasteiger charge is -2.29. The first kappa shape index (κ1) is 27.2. The zero-order valence-corrected chi connectivity index (χ0v) is 20.0. The molecule has 3 atom stereocenters. The summed E-state index contributed by atoms with van der Waals surface area (Å²) < 4.78 is 21.0. The molecule has 1 heterocycles. The van der Waals surface area contributed by atoms with Gasteiger partial charge in [-0.05, 0) is 37.8 Å². The summed E-state index contributed by atoms with van der Waals surface area (Å²) in [5.41, 5.74) is 0.620. The van der Waals surface area contributed by atoms with Gasteiger partial charge in [0, 0.05) is 19.8 Å². The van der Waals surface area contributed by atoms with E-state index in [2.05, 4.69) is 5.32 Å². The highest BCUT2D eigenvalue weighted by Gasteiger charge is 2.38. The highest BCUT2D eigenvalue weighted by molar-refractivity contribution is 6.47. The molecule has 0 saturated carbocycles. The van der Waals surface area contributed by atoms with Crippen molar-refractivity contribution in [2.24, 2.45) is 0 Å². The topological polar surface area (TPSA) is 137 Å². The van der Waals surface area contributed by atoms with Gasteiger partial charge in [0.2, 0.25) is 12.2 Å². The standard InChI is InChI=1S/C23H32BNO9/c1-5-8-17(6-2)33-23(29)32-15(4)31-22(28)18-10-7-9-16-13-19(24(30)34-21(16)18)25-20(27)12-11-14(3)26/h7,9-10,15,17,19,30H,5-6,8,11-13H2,1-4H3,(H,25,27). The summed E-state index contributed by atoms with van der Waals surface area (Å²) in [6, 6.07) is 4.77. The van der Waals surface area contributed by atoms with Crippen molar-refractivity contribution >= 4 is 30.9 Å². The van der Waals surface area contributed by atoms with Gasteiger partial charge in [-0.25, -0.2) is 9.59 Å². The molecule has 0 aliphatic carbocycles. The first-order valence-electron chi connectivity index (χ1n) is 11.5. The Labute approximate surface area is 199 Å². The van der Waals surface area contributed by atoms with Crippen LogP contribution in [-0.2, 0) is 30.2 Å². The SMILES string of the molecule is CCCC(CC)OC(=O)OC(C)OC(=O)c1cccc2c1OB(O)C(NC(=O)CCC(C)=O)C2. The van der Waals surface area contributed by atoms with Crippen LogP contribution >= 0.6 is 0 Å². The molecular formula is C23H32BNO9. The third kappa shape index (κ3) is 8.05. The molecule has 0 fully saturated rings. The number of ketones is 1. The van der Waals surface area contributed by atoms with Gasteiger partial charge in [0.1, 0.15) is 23.2 Å². The predicted octanol–water partition coefficient (Wildman–Crippen LogP) is 2.73. The lowest BCUT2D eigenvalue weighted by atomic mass is 9.72. The van der Waals surface area contributed by atoms with Crippen molar-refractivity contribution in [2.45, 2.75) is 84.6 Å². The number of hydrogen-bond acceptors (Lipinski definition) is 9. The van der Waals surface area contributed by atoms with E-state index in [0.717, 1.165) is 6.42 Å². The number of esters is 1. The van der Waals surface area contributed by atoms with E-state index in [9.17, 15) is 24.2 Å². The third-order valence-corrected chi connectivity index (χ3v) is 5.25. The van der Waals surface area contributed by atoms with E-state index >= 15 is 0 Å². The van der Waals surface area contributed by atoms with E-state index in [1.807, 2.05) is 13.8 Å². The fourth-order valence-electron chi connectivity index (χ4n) is 3.48. The molecule has 1 aliphatic rings. The van der Waals surface area contributed by atoms with E-state index in [0.29, 0.717) is 18.4 Å². The molecule has 2 rings (SSSR count). The van der Waals surface area contributed by atoms with Gasteiger partial charge in [-0.1, -0.05) is 32.4 Å². The summed E-state index contributed by atoms with van der Waals surface area (Å²) in [6.45, 7) is 6.65. The van der Waals surface area contributed by atoms with Crippen LogP contribution in [-0.4, -0.2) is 54.3 Å². The Hall–Kier alpha value is -3.08. The Kier molecular flexibility index (Phi) is 10.4. The lowest BCUT2D eigenvalue weighted by molar-refractivity contribution is -0.124. The molecule has 10 nitrogen and oxygen atoms in total. The number of fused-ring (bicyclic) bond motifs is 1. The molecule has 34 heavy (non-hydrogen) atoms. The van der Waals surface area contributed by atoms with E-state index in [-0.39, 0.29) is 48.4 Å². The van der Waals surface area contributed by atoms with Gasteiger partial charge < -0.3 is 34.0 Å². The fraction of sp³-hybridized carbons (Fsp3) is 0.565. The van der Waals surface area contributed by atoms with Crippen LogP contribution in [0.5, 0.6) is 5.75 Å². The number of nitrogens with one attached hydrogen (secondary N) is 1. The average Bonchev–Trinajstić information content (AvgIpc) is 2.77. The van der Waals surface area contributed by atoms with Crippen molar-refractivity contribution in [3.8, 4) is 5.75 Å². The Morgan fingerprint density at radius 1 is 1.18 bits per heavy atom. The van der Waals surface area contributed by atoms with Crippen molar-refractivity contribution in [3.63, 3.8) is 0 Å². The zero-order chi connectivity index (χ0) is 25.3. The van der Waals surface area contributed by atoms with Crippen molar-refractivity contribution < 1.29 is 43.1 Å². The van der Waals surface area contributed by atoms with Crippen LogP contribution in [0.2, 0.25) is 0 Å². The van der Waals surface area contributed by atoms with Gasteiger partial charge in [0.15, 0.2) is 0 Å². The van der Waals surface area contributed by atoms with Gasteiger partial charge in [-0.2, -0.15) is 0 Å². The molecular weight excluding hydrogens is 445 g/mol. The summed E-state index contributed by atoms with van der Waals surface area (Å²) in [7, 11) is -1.41. The van der Waals surface area contributed by atoms with Crippen LogP contribution in [0.25, 0.3) is 0 Å². The Balaban J connectivity index is 1.99. The second-order valence-corrected chi connectivity index (χ2v) is 8.16. The number of amides is 1. The number of benzene rings is 1. The van der Waals surface area contributed by atoms with E-state index < -0.39 is 31.5 Å². The maximum Gasteiger partial charge on any atom is 0.547 e. The van der Waals surface area contributed by atoms with Crippen LogP contribution in [0, 0.1) is 0 Å². The fourth-order valence-corrected chi connectivity index (χ4v) is 3.48. The average molecular weight is 477 g/mol. The number of hydrogen-bond donors (Lipinski definition) is 2. The van der Waals surface area contributed by atoms with E-state index in [1.165, 1.54) is 19.9 Å². The third-order valence-electron chi connectivity index (χ3n) is 5.25. The van der Waals surface area contributed by atoms with Crippen LogP contribution in [0.3, 0.4) is 0 Å². The quantitative estimate of drug-likeness (QED) is 0.280. The highest BCUT2D eigenvalue weighted by atomic mass is 16.8. The number of carbonyl (C=O) groups excluding carboxylic acids is 4. The molecule has 0 saturated heterocycles. The van der Waals surface area contributed by atoms with Crippen LogP contribution in [0.4, 0.5) is 4.79 Å². The zero-order valence-electron chi connectivity index (χ0n) is 20.0. The summed E-state index contributed by atoms with van der Waals surface area (Å²) in [5.74, 6) is -1.93. The van der Waals surface area contributed by atoms with E-state index in [4.69, 9.17) is 18.9 Å². The monoisotopic (exact) mass is 477 g/mol.